The Bertz CT molecular complexity index is 1060. The molecule has 0 bridgehead atoms. The van der Waals surface area contributed by atoms with Crippen LogP contribution in [0.4, 0.5) is 18.3 Å². The minimum absolute atomic E-state index is 0.165. The number of anilines is 1. The lowest BCUT2D eigenvalue weighted by molar-refractivity contribution is -0.274. The van der Waals surface area contributed by atoms with E-state index in [4.69, 9.17) is 4.42 Å². The molecule has 156 valence electrons. The highest BCUT2D eigenvalue weighted by Crippen LogP contribution is 2.30. The molecule has 30 heavy (non-hydrogen) atoms. The number of fused-ring (bicyclic) bond motifs is 1. The predicted molar refractivity (Wildman–Crippen MR) is 100 cm³/mol. The van der Waals surface area contributed by atoms with E-state index in [2.05, 4.69) is 15.0 Å². The first-order valence-electron chi connectivity index (χ1n) is 8.77. The quantitative estimate of drug-likeness (QED) is 0.665. The Balaban J connectivity index is 1.42. The Hall–Kier alpha value is -3.34. The zero-order chi connectivity index (χ0) is 21.3. The molecule has 0 saturated heterocycles. The lowest BCUT2D eigenvalue weighted by atomic mass is 10.1. The molecule has 7 nitrogen and oxygen atoms in total. The van der Waals surface area contributed by atoms with E-state index in [0.29, 0.717) is 24.6 Å². The van der Waals surface area contributed by atoms with E-state index in [0.717, 1.165) is 22.7 Å². The molecule has 11 heteroatoms. The summed E-state index contributed by atoms with van der Waals surface area (Å²) in [6.45, 7) is 0.700. The van der Waals surface area contributed by atoms with Crippen LogP contribution in [0.3, 0.4) is 0 Å². The van der Waals surface area contributed by atoms with Crippen molar-refractivity contribution < 1.29 is 31.9 Å². The molecule has 0 saturated carbocycles. The van der Waals surface area contributed by atoms with Crippen LogP contribution >= 0.6 is 11.3 Å². The molecule has 3 aromatic rings. The molecule has 1 aliphatic heterocycles. The highest BCUT2D eigenvalue weighted by molar-refractivity contribution is 7.15. The van der Waals surface area contributed by atoms with Crippen molar-refractivity contribution in [2.75, 3.05) is 11.9 Å². The van der Waals surface area contributed by atoms with Gasteiger partial charge in [0.1, 0.15) is 5.75 Å². The lowest BCUT2D eigenvalue weighted by Gasteiger charge is -2.26. The number of furan rings is 1. The van der Waals surface area contributed by atoms with Crippen molar-refractivity contribution in [2.45, 2.75) is 19.3 Å². The second kappa shape index (κ2) is 7.82. The first-order valence-corrected chi connectivity index (χ1v) is 9.59. The maximum absolute atomic E-state index is 12.7. The summed E-state index contributed by atoms with van der Waals surface area (Å²) < 4.78 is 45.6. The van der Waals surface area contributed by atoms with E-state index in [9.17, 15) is 22.8 Å². The molecular weight excluding hydrogens is 423 g/mol. The molecule has 0 spiro atoms. The summed E-state index contributed by atoms with van der Waals surface area (Å²) in [5.74, 6) is -0.953. The van der Waals surface area contributed by atoms with Crippen molar-refractivity contribution >= 4 is 28.3 Å². The molecular formula is C19H14F3N3O4S. The molecule has 0 fully saturated rings. The van der Waals surface area contributed by atoms with Crippen molar-refractivity contribution in [3.8, 4) is 5.75 Å². The van der Waals surface area contributed by atoms with Gasteiger partial charge in [-0.1, -0.05) is 11.3 Å². The maximum atomic E-state index is 12.7. The molecule has 1 aromatic carbocycles. The van der Waals surface area contributed by atoms with Gasteiger partial charge in [0.25, 0.3) is 11.8 Å². The van der Waals surface area contributed by atoms with E-state index in [1.807, 2.05) is 0 Å². The molecule has 0 atom stereocenters. The molecule has 4 rings (SSSR count). The minimum Gasteiger partial charge on any atom is -0.459 e. The first-order chi connectivity index (χ1) is 14.3. The summed E-state index contributed by atoms with van der Waals surface area (Å²) in [4.78, 5) is 31.6. The average molecular weight is 437 g/mol. The number of aromatic nitrogens is 1. The van der Waals surface area contributed by atoms with Gasteiger partial charge in [-0.15, -0.1) is 13.2 Å². The zero-order valence-electron chi connectivity index (χ0n) is 15.2. The first kappa shape index (κ1) is 20.0. The Labute approximate surface area is 172 Å². The van der Waals surface area contributed by atoms with Gasteiger partial charge < -0.3 is 14.1 Å². The molecule has 1 N–H and O–H groups in total. The van der Waals surface area contributed by atoms with Gasteiger partial charge in [-0.25, -0.2) is 4.98 Å². The third-order valence-electron chi connectivity index (χ3n) is 4.32. The molecule has 0 radical (unpaired) electrons. The molecule has 3 heterocycles. The fraction of sp³-hybridized carbons (Fsp3) is 0.211. The van der Waals surface area contributed by atoms with Crippen molar-refractivity contribution in [3.05, 3.63) is 64.6 Å². The zero-order valence-corrected chi connectivity index (χ0v) is 16.0. The maximum Gasteiger partial charge on any atom is 0.573 e. The van der Waals surface area contributed by atoms with E-state index in [1.54, 1.807) is 11.0 Å². The number of hydrogen-bond donors (Lipinski definition) is 1. The van der Waals surface area contributed by atoms with Crippen LogP contribution in [0.25, 0.3) is 0 Å². The van der Waals surface area contributed by atoms with Gasteiger partial charge in [0.2, 0.25) is 0 Å². The van der Waals surface area contributed by atoms with E-state index in [-0.39, 0.29) is 23.0 Å². The number of nitrogens with one attached hydrogen (secondary N) is 1. The second-order valence-corrected chi connectivity index (χ2v) is 7.45. The Morgan fingerprint density at radius 3 is 2.63 bits per heavy atom. The SMILES string of the molecule is O=C(Nc1nc2c(s1)CN(C(=O)c1ccc(OC(F)(F)F)cc1)CC2)c1ccco1. The molecule has 2 aromatic heterocycles. The van der Waals surface area contributed by atoms with Gasteiger partial charge in [-0.2, -0.15) is 0 Å². The van der Waals surface area contributed by atoms with Gasteiger partial charge in [-0.3, -0.25) is 14.9 Å². The van der Waals surface area contributed by atoms with Crippen molar-refractivity contribution in [2.24, 2.45) is 0 Å². The molecule has 2 amide bonds. The molecule has 0 aliphatic carbocycles. The van der Waals surface area contributed by atoms with Gasteiger partial charge in [0.05, 0.1) is 18.5 Å². The van der Waals surface area contributed by atoms with Crippen LogP contribution < -0.4 is 10.1 Å². The molecule has 0 unspecified atom stereocenters. The number of alkyl halides is 3. The van der Waals surface area contributed by atoms with E-state index in [1.165, 1.54) is 35.8 Å². The van der Waals surface area contributed by atoms with Gasteiger partial charge >= 0.3 is 6.36 Å². The highest BCUT2D eigenvalue weighted by atomic mass is 32.1. The van der Waals surface area contributed by atoms with E-state index >= 15 is 0 Å². The number of hydrogen-bond acceptors (Lipinski definition) is 6. The van der Waals surface area contributed by atoms with Gasteiger partial charge in [0.15, 0.2) is 10.9 Å². The number of thiazole rings is 1. The number of ether oxygens (including phenoxy) is 1. The number of benzene rings is 1. The summed E-state index contributed by atoms with van der Waals surface area (Å²) in [6, 6.07) is 7.93. The van der Waals surface area contributed by atoms with E-state index < -0.39 is 12.3 Å². The Kier molecular flexibility index (Phi) is 5.20. The predicted octanol–water partition coefficient (Wildman–Crippen LogP) is 4.09. The third kappa shape index (κ3) is 4.46. The Morgan fingerprint density at radius 2 is 1.97 bits per heavy atom. The van der Waals surface area contributed by atoms with Crippen LogP contribution in [-0.4, -0.2) is 34.6 Å². The summed E-state index contributed by atoms with van der Waals surface area (Å²) in [5, 5.41) is 3.07. The summed E-state index contributed by atoms with van der Waals surface area (Å²) in [5.41, 5.74) is 1.05. The van der Waals surface area contributed by atoms with Crippen molar-refractivity contribution in [1.29, 1.82) is 0 Å². The number of nitrogens with zero attached hydrogens (tertiary/aromatic N) is 2. The summed E-state index contributed by atoms with van der Waals surface area (Å²) >= 11 is 1.26. The van der Waals surface area contributed by atoms with Crippen molar-refractivity contribution in [3.63, 3.8) is 0 Å². The Morgan fingerprint density at radius 1 is 1.20 bits per heavy atom. The van der Waals surface area contributed by atoms with Crippen LogP contribution in [0.5, 0.6) is 5.75 Å². The fourth-order valence-electron chi connectivity index (χ4n) is 2.97. The number of rotatable bonds is 4. The third-order valence-corrected chi connectivity index (χ3v) is 5.32. The van der Waals surface area contributed by atoms with Gasteiger partial charge in [-0.05, 0) is 36.4 Å². The summed E-state index contributed by atoms with van der Waals surface area (Å²) in [6.07, 6.45) is -2.89. The minimum atomic E-state index is -4.79. The fourth-order valence-corrected chi connectivity index (χ4v) is 3.99. The second-order valence-electron chi connectivity index (χ2n) is 6.37. The number of halogens is 3. The van der Waals surface area contributed by atoms with Crippen molar-refractivity contribution in [1.82, 2.24) is 9.88 Å². The summed E-state index contributed by atoms with van der Waals surface area (Å²) in [7, 11) is 0. The van der Waals surface area contributed by atoms with Crippen LogP contribution in [0, 0.1) is 0 Å². The highest BCUT2D eigenvalue weighted by Gasteiger charge is 2.31. The van der Waals surface area contributed by atoms with Crippen LogP contribution in [0.15, 0.2) is 47.1 Å². The van der Waals surface area contributed by atoms with Crippen LogP contribution in [-0.2, 0) is 13.0 Å². The number of amides is 2. The van der Waals surface area contributed by atoms with Gasteiger partial charge in [0, 0.05) is 23.4 Å². The van der Waals surface area contributed by atoms with Crippen LogP contribution in [0.1, 0.15) is 31.5 Å². The molecule has 1 aliphatic rings. The number of carbonyl (C=O) groups excluding carboxylic acids is 2. The topological polar surface area (TPSA) is 84.7 Å². The largest absolute Gasteiger partial charge is 0.573 e. The smallest absolute Gasteiger partial charge is 0.459 e. The number of carbonyl (C=O) groups is 2. The lowest BCUT2D eigenvalue weighted by Crippen LogP contribution is -2.35. The standard InChI is InChI=1S/C19H14F3N3O4S/c20-19(21,22)29-12-5-3-11(4-6-12)17(27)25-8-7-13-15(10-25)30-18(23-13)24-16(26)14-2-1-9-28-14/h1-6,9H,7-8,10H2,(H,23,24,26). The van der Waals surface area contributed by atoms with Crippen LogP contribution in [0.2, 0.25) is 0 Å². The monoisotopic (exact) mass is 437 g/mol. The average Bonchev–Trinajstić information content (AvgIpc) is 3.35. The normalized spacial score (nSPS) is 13.6.